The lowest BCUT2D eigenvalue weighted by atomic mass is 10.0. The van der Waals surface area contributed by atoms with Crippen molar-refractivity contribution in [2.45, 2.75) is 57.9 Å². The highest BCUT2D eigenvalue weighted by atomic mass is 16.7. The van der Waals surface area contributed by atoms with Crippen molar-refractivity contribution in [2.24, 2.45) is 0 Å². The van der Waals surface area contributed by atoms with Crippen LogP contribution in [0.25, 0.3) is 11.3 Å². The minimum atomic E-state index is -0.338. The van der Waals surface area contributed by atoms with Gasteiger partial charge in [0, 0.05) is 34.8 Å². The van der Waals surface area contributed by atoms with Gasteiger partial charge in [-0.05, 0) is 62.6 Å². The van der Waals surface area contributed by atoms with Crippen LogP contribution < -0.4 is 20.1 Å². The number of aromatic nitrogens is 2. The zero-order chi connectivity index (χ0) is 25.2. The largest absolute Gasteiger partial charge is 0.507 e. The van der Waals surface area contributed by atoms with Gasteiger partial charge >= 0.3 is 6.03 Å². The quantitative estimate of drug-likeness (QED) is 0.435. The third-order valence-corrected chi connectivity index (χ3v) is 6.85. The Labute approximate surface area is 209 Å². The molecule has 3 N–H and O–H groups in total. The van der Waals surface area contributed by atoms with Crippen LogP contribution in [0.3, 0.4) is 0 Å². The number of carbonyl (C=O) groups is 2. The minimum absolute atomic E-state index is 0.0302. The zero-order valence-electron chi connectivity index (χ0n) is 20.4. The standard InChI is InChI=1S/C27H30N4O5/c1-3-16(2)28-27(34)31-22(17-6-4-5-7-17)14-21(30-31)20-10-9-19(13-23(20)32)29-26(33)18-8-11-24-25(12-18)36-15-35-24/h8-14,16-17,32H,3-7,15H2,1-2H3,(H,28,34)(H,29,33). The number of phenols is 1. The Balaban J connectivity index is 1.38. The van der Waals surface area contributed by atoms with E-state index in [4.69, 9.17) is 9.47 Å². The van der Waals surface area contributed by atoms with E-state index < -0.39 is 0 Å². The predicted molar refractivity (Wildman–Crippen MR) is 135 cm³/mol. The molecule has 1 fully saturated rings. The number of nitrogens with one attached hydrogen (secondary N) is 2. The number of anilines is 1. The first kappa shape index (κ1) is 23.7. The van der Waals surface area contributed by atoms with Gasteiger partial charge in [-0.3, -0.25) is 4.79 Å². The van der Waals surface area contributed by atoms with Crippen molar-refractivity contribution in [3.8, 4) is 28.5 Å². The molecule has 188 valence electrons. The minimum Gasteiger partial charge on any atom is -0.507 e. The van der Waals surface area contributed by atoms with E-state index in [0.29, 0.717) is 34.0 Å². The summed E-state index contributed by atoms with van der Waals surface area (Å²) >= 11 is 0. The second-order valence-electron chi connectivity index (χ2n) is 9.36. The Bertz CT molecular complexity index is 1300. The summed E-state index contributed by atoms with van der Waals surface area (Å²) in [6.07, 6.45) is 5.10. The van der Waals surface area contributed by atoms with Crippen molar-refractivity contribution < 1.29 is 24.2 Å². The highest BCUT2D eigenvalue weighted by molar-refractivity contribution is 6.05. The molecule has 2 aromatic carbocycles. The number of aromatic hydroxyl groups is 1. The molecule has 36 heavy (non-hydrogen) atoms. The van der Waals surface area contributed by atoms with Gasteiger partial charge in [0.15, 0.2) is 11.5 Å². The highest BCUT2D eigenvalue weighted by Crippen LogP contribution is 2.38. The molecule has 2 aliphatic rings. The first-order chi connectivity index (χ1) is 17.4. The lowest BCUT2D eigenvalue weighted by Crippen LogP contribution is -2.37. The third kappa shape index (κ3) is 4.73. The summed E-state index contributed by atoms with van der Waals surface area (Å²) in [5.41, 5.74) is 2.72. The normalized spacial score (nSPS) is 15.6. The third-order valence-electron chi connectivity index (χ3n) is 6.85. The Morgan fingerprint density at radius 2 is 1.89 bits per heavy atom. The number of phenolic OH excluding ortho intramolecular Hbond substituents is 1. The van der Waals surface area contributed by atoms with Gasteiger partial charge in [-0.1, -0.05) is 19.8 Å². The molecular weight excluding hydrogens is 460 g/mol. The maximum Gasteiger partial charge on any atom is 0.342 e. The van der Waals surface area contributed by atoms with E-state index in [1.54, 1.807) is 30.3 Å². The van der Waals surface area contributed by atoms with E-state index in [0.717, 1.165) is 37.8 Å². The van der Waals surface area contributed by atoms with Gasteiger partial charge in [-0.15, -0.1) is 0 Å². The molecule has 1 aromatic heterocycles. The molecule has 1 aliphatic carbocycles. The molecule has 9 nitrogen and oxygen atoms in total. The van der Waals surface area contributed by atoms with E-state index in [1.165, 1.54) is 10.7 Å². The maximum absolute atomic E-state index is 13.0. The number of hydrogen-bond donors (Lipinski definition) is 3. The Morgan fingerprint density at radius 1 is 1.11 bits per heavy atom. The fraction of sp³-hybridized carbons (Fsp3) is 0.370. The van der Waals surface area contributed by atoms with Crippen molar-refractivity contribution in [3.05, 3.63) is 53.7 Å². The summed E-state index contributed by atoms with van der Waals surface area (Å²) in [6.45, 7) is 4.11. The number of fused-ring (bicyclic) bond motifs is 1. The molecule has 0 bridgehead atoms. The van der Waals surface area contributed by atoms with Crippen LogP contribution in [-0.2, 0) is 0 Å². The van der Waals surface area contributed by atoms with Crippen molar-refractivity contribution in [1.82, 2.24) is 15.1 Å². The molecule has 1 aliphatic heterocycles. The lowest BCUT2D eigenvalue weighted by Gasteiger charge is -2.15. The van der Waals surface area contributed by atoms with E-state index in [-0.39, 0.29) is 36.4 Å². The first-order valence-electron chi connectivity index (χ1n) is 12.4. The number of carbonyl (C=O) groups excluding carboxylic acids is 2. The number of ether oxygens (including phenoxy) is 2. The van der Waals surface area contributed by atoms with Crippen molar-refractivity contribution >= 4 is 17.6 Å². The average Bonchev–Trinajstić information content (AvgIpc) is 3.64. The van der Waals surface area contributed by atoms with Crippen molar-refractivity contribution in [3.63, 3.8) is 0 Å². The monoisotopic (exact) mass is 490 g/mol. The van der Waals surface area contributed by atoms with Crippen LogP contribution in [-0.4, -0.2) is 39.7 Å². The average molecular weight is 491 g/mol. The number of hydrogen-bond acceptors (Lipinski definition) is 6. The van der Waals surface area contributed by atoms with Crippen LogP contribution in [0.1, 0.15) is 67.9 Å². The summed E-state index contributed by atoms with van der Waals surface area (Å²) in [4.78, 5) is 25.7. The molecule has 9 heteroatoms. The van der Waals surface area contributed by atoms with Crippen LogP contribution in [0.4, 0.5) is 10.5 Å². The number of nitrogens with zero attached hydrogens (tertiary/aromatic N) is 2. The molecule has 0 saturated heterocycles. The molecule has 1 saturated carbocycles. The first-order valence-corrected chi connectivity index (χ1v) is 12.4. The van der Waals surface area contributed by atoms with Gasteiger partial charge in [0.1, 0.15) is 5.75 Å². The Kier molecular flexibility index (Phi) is 6.54. The maximum atomic E-state index is 13.0. The second-order valence-corrected chi connectivity index (χ2v) is 9.36. The lowest BCUT2D eigenvalue weighted by molar-refractivity contribution is 0.102. The summed E-state index contributed by atoms with van der Waals surface area (Å²) in [6, 6.07) is 11.5. The smallest absolute Gasteiger partial charge is 0.342 e. The summed E-state index contributed by atoms with van der Waals surface area (Å²) in [7, 11) is 0. The molecule has 2 amide bonds. The number of rotatable bonds is 6. The molecule has 2 heterocycles. The van der Waals surface area contributed by atoms with E-state index in [1.807, 2.05) is 19.9 Å². The molecular formula is C27H30N4O5. The molecule has 3 aromatic rings. The molecule has 0 radical (unpaired) electrons. The van der Waals surface area contributed by atoms with Gasteiger partial charge < -0.3 is 25.2 Å². The molecule has 1 atom stereocenters. The van der Waals surface area contributed by atoms with E-state index in [9.17, 15) is 14.7 Å². The fourth-order valence-electron chi connectivity index (χ4n) is 4.64. The summed E-state index contributed by atoms with van der Waals surface area (Å²) in [5.74, 6) is 1.00. The SMILES string of the molecule is CCC(C)NC(=O)n1nc(-c2ccc(NC(=O)c3ccc4c(c3)OCO4)cc2O)cc1C1CCCC1. The summed E-state index contributed by atoms with van der Waals surface area (Å²) < 4.78 is 12.1. The Morgan fingerprint density at radius 3 is 2.64 bits per heavy atom. The fourth-order valence-corrected chi connectivity index (χ4v) is 4.64. The summed E-state index contributed by atoms with van der Waals surface area (Å²) in [5, 5.41) is 21.2. The van der Waals surface area contributed by atoms with E-state index in [2.05, 4.69) is 15.7 Å². The van der Waals surface area contributed by atoms with Crippen LogP contribution in [0.5, 0.6) is 17.2 Å². The molecule has 1 unspecified atom stereocenters. The van der Waals surface area contributed by atoms with Crippen molar-refractivity contribution in [1.29, 1.82) is 0 Å². The molecule has 0 spiro atoms. The van der Waals surface area contributed by atoms with E-state index >= 15 is 0 Å². The van der Waals surface area contributed by atoms with Crippen LogP contribution >= 0.6 is 0 Å². The van der Waals surface area contributed by atoms with Gasteiger partial charge in [-0.2, -0.15) is 9.78 Å². The highest BCUT2D eigenvalue weighted by Gasteiger charge is 2.26. The van der Waals surface area contributed by atoms with Gasteiger partial charge in [0.2, 0.25) is 6.79 Å². The van der Waals surface area contributed by atoms with Gasteiger partial charge in [0.05, 0.1) is 11.4 Å². The predicted octanol–water partition coefficient (Wildman–Crippen LogP) is 5.25. The van der Waals surface area contributed by atoms with Gasteiger partial charge in [-0.25, -0.2) is 4.79 Å². The topological polar surface area (TPSA) is 115 Å². The van der Waals surface area contributed by atoms with Crippen LogP contribution in [0.15, 0.2) is 42.5 Å². The van der Waals surface area contributed by atoms with Crippen LogP contribution in [0, 0.1) is 0 Å². The number of benzene rings is 2. The van der Waals surface area contributed by atoms with Gasteiger partial charge in [0.25, 0.3) is 5.91 Å². The second kappa shape index (κ2) is 9.93. The Hall–Kier alpha value is -4.01. The zero-order valence-corrected chi connectivity index (χ0v) is 20.4. The van der Waals surface area contributed by atoms with Crippen molar-refractivity contribution in [2.75, 3.05) is 12.1 Å². The number of amides is 2. The van der Waals surface area contributed by atoms with Crippen LogP contribution in [0.2, 0.25) is 0 Å². The molecule has 5 rings (SSSR count).